The highest BCUT2D eigenvalue weighted by Crippen LogP contribution is 2.14. The summed E-state index contributed by atoms with van der Waals surface area (Å²) in [4.78, 5) is 12.2. The highest BCUT2D eigenvalue weighted by atomic mass is 127. The molecule has 1 aromatic carbocycles. The van der Waals surface area contributed by atoms with Crippen molar-refractivity contribution in [3.63, 3.8) is 0 Å². The minimum absolute atomic E-state index is 0.0188. The van der Waals surface area contributed by atoms with Crippen LogP contribution in [-0.2, 0) is 0 Å². The summed E-state index contributed by atoms with van der Waals surface area (Å²) in [5.41, 5.74) is 7.53. The second-order valence-electron chi connectivity index (χ2n) is 4.53. The maximum Gasteiger partial charge on any atom is 0.252 e. The molecule has 0 bridgehead atoms. The summed E-state index contributed by atoms with van der Waals surface area (Å²) in [6.07, 6.45) is 3.16. The van der Waals surface area contributed by atoms with Crippen LogP contribution < -0.4 is 11.1 Å². The van der Waals surface area contributed by atoms with E-state index in [-0.39, 0.29) is 11.9 Å². The Kier molecular flexibility index (Phi) is 6.63. The molecule has 0 aliphatic heterocycles. The number of amides is 1. The van der Waals surface area contributed by atoms with Crippen molar-refractivity contribution in [2.75, 3.05) is 6.54 Å². The van der Waals surface area contributed by atoms with Gasteiger partial charge in [-0.25, -0.2) is 0 Å². The number of benzene rings is 1. The molecular formula is C14H21IN2O. The molecule has 1 unspecified atom stereocenters. The van der Waals surface area contributed by atoms with Crippen molar-refractivity contribution in [2.45, 2.75) is 39.2 Å². The Morgan fingerprint density at radius 2 is 2.22 bits per heavy atom. The lowest BCUT2D eigenvalue weighted by Crippen LogP contribution is -2.40. The SMILES string of the molecule is CCCCC(CN)NC(=O)c1cc(C)ccc1I. The molecule has 0 aliphatic carbocycles. The molecular weight excluding hydrogens is 339 g/mol. The monoisotopic (exact) mass is 360 g/mol. The zero-order valence-electron chi connectivity index (χ0n) is 11.0. The van der Waals surface area contributed by atoms with Crippen LogP contribution in [0.2, 0.25) is 0 Å². The van der Waals surface area contributed by atoms with Gasteiger partial charge in [-0.05, 0) is 48.1 Å². The van der Waals surface area contributed by atoms with Gasteiger partial charge in [0.2, 0.25) is 0 Å². The van der Waals surface area contributed by atoms with Crippen LogP contribution in [-0.4, -0.2) is 18.5 Å². The van der Waals surface area contributed by atoms with Gasteiger partial charge >= 0.3 is 0 Å². The lowest BCUT2D eigenvalue weighted by atomic mass is 10.1. The third kappa shape index (κ3) is 4.57. The number of carbonyl (C=O) groups excluding carboxylic acids is 1. The molecule has 0 spiro atoms. The van der Waals surface area contributed by atoms with E-state index in [1.807, 2.05) is 25.1 Å². The Labute approximate surface area is 123 Å². The van der Waals surface area contributed by atoms with Crippen molar-refractivity contribution in [3.8, 4) is 0 Å². The fourth-order valence-electron chi connectivity index (χ4n) is 1.78. The zero-order chi connectivity index (χ0) is 13.5. The summed E-state index contributed by atoms with van der Waals surface area (Å²) < 4.78 is 0.974. The molecule has 18 heavy (non-hydrogen) atoms. The van der Waals surface area contributed by atoms with Crippen molar-refractivity contribution in [1.29, 1.82) is 0 Å². The van der Waals surface area contributed by atoms with Gasteiger partial charge in [-0.2, -0.15) is 0 Å². The first-order valence-electron chi connectivity index (χ1n) is 6.35. The van der Waals surface area contributed by atoms with Gasteiger partial charge in [0.05, 0.1) is 5.56 Å². The van der Waals surface area contributed by atoms with Crippen molar-refractivity contribution in [2.24, 2.45) is 5.73 Å². The molecule has 0 aliphatic rings. The van der Waals surface area contributed by atoms with Crippen LogP contribution in [0.25, 0.3) is 0 Å². The molecule has 1 atom stereocenters. The molecule has 0 saturated heterocycles. The second-order valence-corrected chi connectivity index (χ2v) is 5.69. The summed E-state index contributed by atoms with van der Waals surface area (Å²) in [6, 6.07) is 5.98. The summed E-state index contributed by atoms with van der Waals surface area (Å²) in [5.74, 6) is -0.0188. The molecule has 3 N–H and O–H groups in total. The van der Waals surface area contributed by atoms with E-state index < -0.39 is 0 Å². The van der Waals surface area contributed by atoms with Crippen LogP contribution in [0.4, 0.5) is 0 Å². The molecule has 0 aromatic heterocycles. The standard InChI is InChI=1S/C14H21IN2O/c1-3-4-5-11(9-16)17-14(18)12-8-10(2)6-7-13(12)15/h6-8,11H,3-5,9,16H2,1-2H3,(H,17,18). The third-order valence-electron chi connectivity index (χ3n) is 2.89. The van der Waals surface area contributed by atoms with Gasteiger partial charge in [-0.1, -0.05) is 31.4 Å². The van der Waals surface area contributed by atoms with E-state index in [0.717, 1.165) is 34.0 Å². The fraction of sp³-hybridized carbons (Fsp3) is 0.500. The maximum absolute atomic E-state index is 12.2. The highest BCUT2D eigenvalue weighted by molar-refractivity contribution is 14.1. The summed E-state index contributed by atoms with van der Waals surface area (Å²) in [5, 5.41) is 3.02. The minimum Gasteiger partial charge on any atom is -0.348 e. The Balaban J connectivity index is 2.71. The Bertz CT molecular complexity index is 407. The van der Waals surface area contributed by atoms with E-state index in [1.54, 1.807) is 0 Å². The number of hydrogen-bond donors (Lipinski definition) is 2. The molecule has 100 valence electrons. The number of nitrogens with one attached hydrogen (secondary N) is 1. The van der Waals surface area contributed by atoms with E-state index in [1.165, 1.54) is 0 Å². The van der Waals surface area contributed by atoms with Gasteiger partial charge in [0.15, 0.2) is 0 Å². The molecule has 3 nitrogen and oxygen atoms in total. The average Bonchev–Trinajstić information content (AvgIpc) is 2.37. The van der Waals surface area contributed by atoms with Gasteiger partial charge in [-0.15, -0.1) is 0 Å². The molecule has 0 fully saturated rings. The first-order chi connectivity index (χ1) is 8.58. The van der Waals surface area contributed by atoms with E-state index >= 15 is 0 Å². The second kappa shape index (κ2) is 7.74. The number of rotatable bonds is 6. The fourth-order valence-corrected chi connectivity index (χ4v) is 2.36. The normalized spacial score (nSPS) is 12.2. The summed E-state index contributed by atoms with van der Waals surface area (Å²) in [7, 11) is 0. The highest BCUT2D eigenvalue weighted by Gasteiger charge is 2.14. The zero-order valence-corrected chi connectivity index (χ0v) is 13.2. The van der Waals surface area contributed by atoms with Gasteiger partial charge in [0.1, 0.15) is 0 Å². The largest absolute Gasteiger partial charge is 0.348 e. The molecule has 0 radical (unpaired) electrons. The van der Waals surface area contributed by atoms with Crippen molar-refractivity contribution >= 4 is 28.5 Å². The molecule has 1 aromatic rings. The first-order valence-corrected chi connectivity index (χ1v) is 7.43. The molecule has 0 heterocycles. The summed E-state index contributed by atoms with van der Waals surface area (Å²) in [6.45, 7) is 4.62. The van der Waals surface area contributed by atoms with Crippen LogP contribution in [0.3, 0.4) is 0 Å². The van der Waals surface area contributed by atoms with E-state index in [0.29, 0.717) is 6.54 Å². The smallest absolute Gasteiger partial charge is 0.252 e. The molecule has 1 amide bonds. The molecule has 4 heteroatoms. The van der Waals surface area contributed by atoms with Crippen LogP contribution in [0.1, 0.15) is 42.1 Å². The molecule has 1 rings (SSSR count). The number of hydrogen-bond acceptors (Lipinski definition) is 2. The van der Waals surface area contributed by atoms with Crippen molar-refractivity contribution < 1.29 is 4.79 Å². The average molecular weight is 360 g/mol. The Morgan fingerprint density at radius 3 is 2.83 bits per heavy atom. The predicted molar refractivity (Wildman–Crippen MR) is 83.7 cm³/mol. The molecule has 0 saturated carbocycles. The van der Waals surface area contributed by atoms with Crippen molar-refractivity contribution in [3.05, 3.63) is 32.9 Å². The number of carbonyl (C=O) groups is 1. The predicted octanol–water partition coefficient (Wildman–Crippen LogP) is 2.85. The van der Waals surface area contributed by atoms with Crippen LogP contribution in [0.15, 0.2) is 18.2 Å². The van der Waals surface area contributed by atoms with Gasteiger partial charge in [0.25, 0.3) is 5.91 Å². The van der Waals surface area contributed by atoms with Crippen LogP contribution in [0.5, 0.6) is 0 Å². The van der Waals surface area contributed by atoms with Crippen LogP contribution >= 0.6 is 22.6 Å². The summed E-state index contributed by atoms with van der Waals surface area (Å²) >= 11 is 2.19. The van der Waals surface area contributed by atoms with Gasteiger partial charge < -0.3 is 11.1 Å². The minimum atomic E-state index is -0.0188. The number of unbranched alkanes of at least 4 members (excludes halogenated alkanes) is 1. The lowest BCUT2D eigenvalue weighted by Gasteiger charge is -2.17. The topological polar surface area (TPSA) is 55.1 Å². The van der Waals surface area contributed by atoms with E-state index in [2.05, 4.69) is 34.8 Å². The van der Waals surface area contributed by atoms with Crippen LogP contribution in [0, 0.1) is 10.5 Å². The first kappa shape index (κ1) is 15.4. The van der Waals surface area contributed by atoms with Crippen molar-refractivity contribution in [1.82, 2.24) is 5.32 Å². The Morgan fingerprint density at radius 1 is 1.50 bits per heavy atom. The number of nitrogens with two attached hydrogens (primary N) is 1. The maximum atomic E-state index is 12.2. The van der Waals surface area contributed by atoms with E-state index in [4.69, 9.17) is 5.73 Å². The third-order valence-corrected chi connectivity index (χ3v) is 3.83. The quantitative estimate of drug-likeness (QED) is 0.767. The number of aryl methyl sites for hydroxylation is 1. The number of halogens is 1. The van der Waals surface area contributed by atoms with E-state index in [9.17, 15) is 4.79 Å². The Hall–Kier alpha value is -0.620. The van der Waals surface area contributed by atoms with Gasteiger partial charge in [-0.3, -0.25) is 4.79 Å². The van der Waals surface area contributed by atoms with Gasteiger partial charge in [0, 0.05) is 16.2 Å². The lowest BCUT2D eigenvalue weighted by molar-refractivity contribution is 0.0935.